The lowest BCUT2D eigenvalue weighted by Gasteiger charge is -2.17. The van der Waals surface area contributed by atoms with Gasteiger partial charge in [-0.1, -0.05) is 12.1 Å². The lowest BCUT2D eigenvalue weighted by atomic mass is 10.0. The first kappa shape index (κ1) is 10.5. The van der Waals surface area contributed by atoms with Crippen LogP contribution in [-0.4, -0.2) is 24.8 Å². The number of nitrogens with zero attached hydrogens (tertiary/aromatic N) is 1. The largest absolute Gasteiger partial charge is 0.394 e. The second-order valence-electron chi connectivity index (χ2n) is 4.01. The molecule has 1 aromatic rings. The van der Waals surface area contributed by atoms with E-state index in [1.54, 1.807) is 0 Å². The maximum Gasteiger partial charge on any atom is 0.0624 e. The normalized spacial score (nSPS) is 16.6. The van der Waals surface area contributed by atoms with Gasteiger partial charge in [0.2, 0.25) is 0 Å². The number of hydrogen-bond donors (Lipinski definition) is 2. The Morgan fingerprint density at radius 3 is 3.00 bits per heavy atom. The van der Waals surface area contributed by atoms with E-state index in [0.717, 1.165) is 25.1 Å². The monoisotopic (exact) mass is 206 g/mol. The van der Waals surface area contributed by atoms with Gasteiger partial charge in [-0.3, -0.25) is 0 Å². The maximum atomic E-state index is 9.00. The van der Waals surface area contributed by atoms with Crippen LogP contribution in [0.5, 0.6) is 0 Å². The summed E-state index contributed by atoms with van der Waals surface area (Å²) in [6.45, 7) is 4.33. The fourth-order valence-corrected chi connectivity index (χ4v) is 2.15. The summed E-state index contributed by atoms with van der Waals surface area (Å²) in [6.07, 6.45) is 1.09. The summed E-state index contributed by atoms with van der Waals surface area (Å²) in [7, 11) is 0. The highest BCUT2D eigenvalue weighted by Crippen LogP contribution is 2.29. The van der Waals surface area contributed by atoms with Gasteiger partial charge in [0.05, 0.1) is 12.6 Å². The SMILES string of the molecule is CCN1CCc2cc([C@H](N)CO)ccc21. The number of rotatable bonds is 3. The Balaban J connectivity index is 2.29. The highest BCUT2D eigenvalue weighted by Gasteiger charge is 2.18. The summed E-state index contributed by atoms with van der Waals surface area (Å²) >= 11 is 0. The molecule has 1 aliphatic rings. The Labute approximate surface area is 90.5 Å². The van der Waals surface area contributed by atoms with Crippen molar-refractivity contribution in [2.75, 3.05) is 24.6 Å². The summed E-state index contributed by atoms with van der Waals surface area (Å²) in [4.78, 5) is 2.36. The molecule has 0 spiro atoms. The number of nitrogens with two attached hydrogens (primary N) is 1. The van der Waals surface area contributed by atoms with Gasteiger partial charge >= 0.3 is 0 Å². The van der Waals surface area contributed by atoms with Gasteiger partial charge in [0.1, 0.15) is 0 Å². The third-order valence-corrected chi connectivity index (χ3v) is 3.10. The number of aliphatic hydroxyl groups is 1. The van der Waals surface area contributed by atoms with Gasteiger partial charge in [-0.2, -0.15) is 0 Å². The van der Waals surface area contributed by atoms with E-state index in [-0.39, 0.29) is 12.6 Å². The number of fused-ring (bicyclic) bond motifs is 1. The molecule has 0 saturated heterocycles. The molecule has 3 nitrogen and oxygen atoms in total. The standard InChI is InChI=1S/C12H18N2O/c1-2-14-6-5-10-7-9(11(13)8-15)3-4-12(10)14/h3-4,7,11,15H,2,5-6,8,13H2,1H3/t11-/m1/s1. The molecule has 2 rings (SSSR count). The molecule has 0 bridgehead atoms. The van der Waals surface area contributed by atoms with Gasteiger partial charge in [0.15, 0.2) is 0 Å². The van der Waals surface area contributed by atoms with Crippen molar-refractivity contribution >= 4 is 5.69 Å². The number of anilines is 1. The summed E-state index contributed by atoms with van der Waals surface area (Å²) in [5.74, 6) is 0. The lowest BCUT2D eigenvalue weighted by Crippen LogP contribution is -2.19. The first-order chi connectivity index (χ1) is 7.26. The molecule has 3 N–H and O–H groups in total. The molecule has 0 saturated carbocycles. The summed E-state index contributed by atoms with van der Waals surface area (Å²) in [5, 5.41) is 9.00. The molecule has 82 valence electrons. The Bertz CT molecular complexity index is 351. The van der Waals surface area contributed by atoms with Crippen LogP contribution in [-0.2, 0) is 6.42 Å². The van der Waals surface area contributed by atoms with E-state index in [1.807, 2.05) is 6.07 Å². The molecule has 15 heavy (non-hydrogen) atoms. The minimum absolute atomic E-state index is 0.0102. The number of likely N-dealkylation sites (N-methyl/N-ethyl adjacent to an activating group) is 1. The Kier molecular flexibility index (Phi) is 2.93. The summed E-state index contributed by atoms with van der Waals surface area (Å²) in [5.41, 5.74) is 9.51. The molecule has 1 heterocycles. The van der Waals surface area contributed by atoms with E-state index >= 15 is 0 Å². The molecular weight excluding hydrogens is 188 g/mol. The van der Waals surface area contributed by atoms with Crippen molar-refractivity contribution in [3.63, 3.8) is 0 Å². The second kappa shape index (κ2) is 4.21. The molecule has 0 unspecified atom stereocenters. The molecule has 1 aromatic carbocycles. The molecule has 0 fully saturated rings. The predicted octanol–water partition coefficient (Wildman–Crippen LogP) is 1.06. The molecule has 3 heteroatoms. The first-order valence-electron chi connectivity index (χ1n) is 5.50. The van der Waals surface area contributed by atoms with Crippen LogP contribution in [0.2, 0.25) is 0 Å². The zero-order valence-corrected chi connectivity index (χ0v) is 9.11. The van der Waals surface area contributed by atoms with Gasteiger partial charge in [-0.15, -0.1) is 0 Å². The fraction of sp³-hybridized carbons (Fsp3) is 0.500. The molecule has 0 amide bonds. The van der Waals surface area contributed by atoms with E-state index < -0.39 is 0 Å². The second-order valence-corrected chi connectivity index (χ2v) is 4.01. The Morgan fingerprint density at radius 2 is 2.33 bits per heavy atom. The van der Waals surface area contributed by atoms with Gasteiger partial charge in [-0.25, -0.2) is 0 Å². The number of benzene rings is 1. The average molecular weight is 206 g/mol. The molecule has 0 aromatic heterocycles. The minimum Gasteiger partial charge on any atom is -0.394 e. The van der Waals surface area contributed by atoms with Gasteiger partial charge < -0.3 is 15.7 Å². The maximum absolute atomic E-state index is 9.00. The quantitative estimate of drug-likeness (QED) is 0.777. The number of aliphatic hydroxyl groups excluding tert-OH is 1. The summed E-state index contributed by atoms with van der Waals surface area (Å²) in [6, 6.07) is 6.03. The van der Waals surface area contributed by atoms with E-state index in [2.05, 4.69) is 24.0 Å². The van der Waals surface area contributed by atoms with Crippen LogP contribution < -0.4 is 10.6 Å². The van der Waals surface area contributed by atoms with E-state index in [9.17, 15) is 0 Å². The van der Waals surface area contributed by atoms with E-state index in [0.29, 0.717) is 0 Å². The highest BCUT2D eigenvalue weighted by atomic mass is 16.3. The zero-order valence-electron chi connectivity index (χ0n) is 9.11. The number of hydrogen-bond acceptors (Lipinski definition) is 3. The molecule has 1 aliphatic heterocycles. The molecular formula is C12H18N2O. The van der Waals surface area contributed by atoms with Gasteiger partial charge in [-0.05, 0) is 30.5 Å². The molecule has 0 radical (unpaired) electrons. The van der Waals surface area contributed by atoms with Crippen molar-refractivity contribution < 1.29 is 5.11 Å². The highest BCUT2D eigenvalue weighted by molar-refractivity contribution is 5.59. The van der Waals surface area contributed by atoms with Crippen molar-refractivity contribution in [2.45, 2.75) is 19.4 Å². The van der Waals surface area contributed by atoms with Crippen LogP contribution in [0.15, 0.2) is 18.2 Å². The van der Waals surface area contributed by atoms with Crippen LogP contribution >= 0.6 is 0 Å². The lowest BCUT2D eigenvalue weighted by molar-refractivity contribution is 0.268. The van der Waals surface area contributed by atoms with Crippen molar-refractivity contribution in [3.8, 4) is 0 Å². The van der Waals surface area contributed by atoms with Crippen LogP contribution in [0.3, 0.4) is 0 Å². The smallest absolute Gasteiger partial charge is 0.0624 e. The van der Waals surface area contributed by atoms with Crippen molar-refractivity contribution in [1.82, 2.24) is 0 Å². The van der Waals surface area contributed by atoms with Gasteiger partial charge in [0, 0.05) is 18.8 Å². The third-order valence-electron chi connectivity index (χ3n) is 3.10. The van der Waals surface area contributed by atoms with Crippen molar-refractivity contribution in [1.29, 1.82) is 0 Å². The van der Waals surface area contributed by atoms with Crippen LogP contribution in [0.1, 0.15) is 24.1 Å². The molecule has 0 aliphatic carbocycles. The van der Waals surface area contributed by atoms with Crippen molar-refractivity contribution in [2.24, 2.45) is 5.73 Å². The zero-order chi connectivity index (χ0) is 10.8. The van der Waals surface area contributed by atoms with Crippen LogP contribution in [0, 0.1) is 0 Å². The van der Waals surface area contributed by atoms with Crippen LogP contribution in [0.25, 0.3) is 0 Å². The Hall–Kier alpha value is -1.06. The topological polar surface area (TPSA) is 49.5 Å². The molecule has 1 atom stereocenters. The Morgan fingerprint density at radius 1 is 1.53 bits per heavy atom. The summed E-state index contributed by atoms with van der Waals surface area (Å²) < 4.78 is 0. The van der Waals surface area contributed by atoms with Gasteiger partial charge in [0.25, 0.3) is 0 Å². The first-order valence-corrected chi connectivity index (χ1v) is 5.50. The fourth-order valence-electron chi connectivity index (χ4n) is 2.15. The average Bonchev–Trinajstić information content (AvgIpc) is 2.69. The van der Waals surface area contributed by atoms with Crippen molar-refractivity contribution in [3.05, 3.63) is 29.3 Å². The predicted molar refractivity (Wildman–Crippen MR) is 62.0 cm³/mol. The third kappa shape index (κ3) is 1.85. The minimum atomic E-state index is -0.244. The van der Waals surface area contributed by atoms with E-state index in [4.69, 9.17) is 10.8 Å². The van der Waals surface area contributed by atoms with E-state index in [1.165, 1.54) is 11.3 Å². The van der Waals surface area contributed by atoms with Crippen LogP contribution in [0.4, 0.5) is 5.69 Å².